The first-order chi connectivity index (χ1) is 16.0. The van der Waals surface area contributed by atoms with Gasteiger partial charge in [-0.25, -0.2) is 4.79 Å². The second-order valence-electron chi connectivity index (χ2n) is 6.84. The zero-order chi connectivity index (χ0) is 23.6. The van der Waals surface area contributed by atoms with Crippen molar-refractivity contribution >= 4 is 23.7 Å². The van der Waals surface area contributed by atoms with Crippen LogP contribution in [-0.4, -0.2) is 31.7 Å². The van der Waals surface area contributed by atoms with Gasteiger partial charge in [-0.15, -0.1) is 0 Å². The molecule has 0 atom stereocenters. The van der Waals surface area contributed by atoms with E-state index in [4.69, 9.17) is 14.2 Å². The minimum Gasteiger partial charge on any atom is -0.496 e. The molecule has 0 saturated carbocycles. The normalized spacial score (nSPS) is 10.1. The Balaban J connectivity index is 1.53. The molecule has 0 bridgehead atoms. The first-order valence-corrected chi connectivity index (χ1v) is 10.3. The molecular weight excluding hydrogens is 424 g/mol. The summed E-state index contributed by atoms with van der Waals surface area (Å²) in [7, 11) is 1.52. The maximum atomic E-state index is 12.5. The number of anilines is 1. The highest BCUT2D eigenvalue weighted by atomic mass is 16.7. The minimum atomic E-state index is -0.797. The molecule has 0 fully saturated rings. The molecule has 8 heteroatoms. The predicted molar refractivity (Wildman–Crippen MR) is 123 cm³/mol. The van der Waals surface area contributed by atoms with Crippen LogP contribution in [0.25, 0.3) is 0 Å². The summed E-state index contributed by atoms with van der Waals surface area (Å²) in [4.78, 5) is 36.2. The van der Waals surface area contributed by atoms with E-state index in [9.17, 15) is 14.4 Å². The number of nitrogens with one attached hydrogen (secondary N) is 2. The van der Waals surface area contributed by atoms with Crippen molar-refractivity contribution in [3.8, 4) is 11.5 Å². The first kappa shape index (κ1) is 23.3. The summed E-state index contributed by atoms with van der Waals surface area (Å²) >= 11 is 0. The molecule has 0 aliphatic rings. The van der Waals surface area contributed by atoms with Crippen molar-refractivity contribution in [2.45, 2.75) is 13.5 Å². The number of para-hydroxylation sites is 1. The second kappa shape index (κ2) is 11.3. The fourth-order valence-corrected chi connectivity index (χ4v) is 2.94. The van der Waals surface area contributed by atoms with E-state index in [1.807, 2.05) is 12.1 Å². The molecule has 0 unspecified atom stereocenters. The number of hydrogen-bond donors (Lipinski definition) is 2. The molecule has 0 aliphatic heterocycles. The van der Waals surface area contributed by atoms with Crippen LogP contribution >= 0.6 is 0 Å². The summed E-state index contributed by atoms with van der Waals surface area (Å²) in [5.74, 6) is 0.244. The zero-order valence-corrected chi connectivity index (χ0v) is 18.3. The van der Waals surface area contributed by atoms with E-state index in [-0.39, 0.29) is 24.2 Å². The third-order valence-corrected chi connectivity index (χ3v) is 4.60. The van der Waals surface area contributed by atoms with E-state index < -0.39 is 6.16 Å². The van der Waals surface area contributed by atoms with Crippen LogP contribution in [0.1, 0.15) is 33.2 Å². The van der Waals surface area contributed by atoms with E-state index in [1.165, 1.54) is 19.2 Å². The predicted octanol–water partition coefficient (Wildman–Crippen LogP) is 4.41. The number of benzene rings is 3. The molecule has 0 aromatic heterocycles. The standard InChI is InChI=1S/C25H24N2O6/c1-3-32-25(30)33-20-14-10-18(11-15-20)23(28)27-19-12-8-17(9-13-19)16-26-24(29)21-6-4-5-7-22(21)31-2/h4-15H,3,16H2,1-2H3,(H,26,29)(H,27,28). The largest absolute Gasteiger partial charge is 0.513 e. The van der Waals surface area contributed by atoms with E-state index in [2.05, 4.69) is 10.6 Å². The van der Waals surface area contributed by atoms with Crippen LogP contribution in [0.3, 0.4) is 0 Å². The number of methoxy groups -OCH3 is 1. The Bertz CT molecular complexity index is 1110. The summed E-state index contributed by atoms with van der Waals surface area (Å²) in [6, 6.07) is 20.3. The lowest BCUT2D eigenvalue weighted by Gasteiger charge is -2.10. The van der Waals surface area contributed by atoms with Gasteiger partial charge in [0.05, 0.1) is 19.3 Å². The zero-order valence-electron chi connectivity index (χ0n) is 18.3. The van der Waals surface area contributed by atoms with Crippen LogP contribution < -0.4 is 20.1 Å². The highest BCUT2D eigenvalue weighted by Crippen LogP contribution is 2.18. The van der Waals surface area contributed by atoms with Crippen molar-refractivity contribution in [2.24, 2.45) is 0 Å². The van der Waals surface area contributed by atoms with E-state index in [0.29, 0.717) is 29.1 Å². The second-order valence-corrected chi connectivity index (χ2v) is 6.84. The molecule has 0 aliphatic carbocycles. The van der Waals surface area contributed by atoms with E-state index >= 15 is 0 Å². The monoisotopic (exact) mass is 448 g/mol. The van der Waals surface area contributed by atoms with Crippen molar-refractivity contribution in [1.82, 2.24) is 5.32 Å². The molecule has 0 saturated heterocycles. The number of carbonyl (C=O) groups is 3. The molecule has 3 aromatic rings. The summed E-state index contributed by atoms with van der Waals surface area (Å²) in [5.41, 5.74) is 2.34. The minimum absolute atomic E-state index is 0.215. The number of ether oxygens (including phenoxy) is 3. The molecule has 0 heterocycles. The van der Waals surface area contributed by atoms with Gasteiger partial charge in [-0.3, -0.25) is 9.59 Å². The highest BCUT2D eigenvalue weighted by molar-refractivity contribution is 6.04. The van der Waals surface area contributed by atoms with Crippen molar-refractivity contribution < 1.29 is 28.6 Å². The van der Waals surface area contributed by atoms with Crippen LogP contribution in [0.5, 0.6) is 11.5 Å². The van der Waals surface area contributed by atoms with Gasteiger partial charge in [-0.1, -0.05) is 24.3 Å². The quantitative estimate of drug-likeness (QED) is 0.391. The fourth-order valence-electron chi connectivity index (χ4n) is 2.94. The maximum Gasteiger partial charge on any atom is 0.513 e. The van der Waals surface area contributed by atoms with Crippen molar-refractivity contribution in [3.05, 3.63) is 89.5 Å². The lowest BCUT2D eigenvalue weighted by Crippen LogP contribution is -2.23. The number of amides is 2. The Morgan fingerprint density at radius 3 is 2.21 bits per heavy atom. The van der Waals surface area contributed by atoms with Crippen molar-refractivity contribution in [3.63, 3.8) is 0 Å². The number of rotatable bonds is 8. The molecule has 3 aromatic carbocycles. The lowest BCUT2D eigenvalue weighted by atomic mass is 10.1. The Labute approximate surface area is 191 Å². The van der Waals surface area contributed by atoms with Crippen molar-refractivity contribution in [1.29, 1.82) is 0 Å². The van der Waals surface area contributed by atoms with Gasteiger partial charge in [0.15, 0.2) is 0 Å². The Hall–Kier alpha value is -4.33. The van der Waals surface area contributed by atoms with Gasteiger partial charge in [0, 0.05) is 17.8 Å². The molecule has 2 N–H and O–H groups in total. The molecule has 2 amide bonds. The van der Waals surface area contributed by atoms with Gasteiger partial charge in [0.2, 0.25) is 0 Å². The Morgan fingerprint density at radius 2 is 1.55 bits per heavy atom. The molecule has 33 heavy (non-hydrogen) atoms. The Kier molecular flexibility index (Phi) is 8.02. The SMILES string of the molecule is CCOC(=O)Oc1ccc(C(=O)Nc2ccc(CNC(=O)c3ccccc3OC)cc2)cc1. The van der Waals surface area contributed by atoms with Gasteiger partial charge in [-0.2, -0.15) is 0 Å². The van der Waals surface area contributed by atoms with Crippen LogP contribution in [0, 0.1) is 0 Å². The van der Waals surface area contributed by atoms with Crippen LogP contribution in [0.4, 0.5) is 10.5 Å². The summed E-state index contributed by atoms with van der Waals surface area (Å²) < 4.78 is 14.9. The number of hydrogen-bond acceptors (Lipinski definition) is 6. The van der Waals surface area contributed by atoms with Gasteiger partial charge >= 0.3 is 6.16 Å². The number of carbonyl (C=O) groups excluding carboxylic acids is 3. The lowest BCUT2D eigenvalue weighted by molar-refractivity contribution is 0.0946. The average molecular weight is 448 g/mol. The van der Waals surface area contributed by atoms with Gasteiger partial charge < -0.3 is 24.8 Å². The smallest absolute Gasteiger partial charge is 0.496 e. The molecule has 3 rings (SSSR count). The third kappa shape index (κ3) is 6.57. The Morgan fingerprint density at radius 1 is 0.848 bits per heavy atom. The van der Waals surface area contributed by atoms with Crippen LogP contribution in [0.2, 0.25) is 0 Å². The average Bonchev–Trinajstić information content (AvgIpc) is 2.84. The molecule has 0 radical (unpaired) electrons. The third-order valence-electron chi connectivity index (χ3n) is 4.60. The molecule has 170 valence electrons. The highest BCUT2D eigenvalue weighted by Gasteiger charge is 2.12. The summed E-state index contributed by atoms with van der Waals surface area (Å²) in [6.07, 6.45) is -0.797. The topological polar surface area (TPSA) is 103 Å². The van der Waals surface area contributed by atoms with E-state index in [0.717, 1.165) is 5.56 Å². The van der Waals surface area contributed by atoms with E-state index in [1.54, 1.807) is 55.5 Å². The van der Waals surface area contributed by atoms with Crippen LogP contribution in [-0.2, 0) is 11.3 Å². The van der Waals surface area contributed by atoms with Gasteiger partial charge in [-0.05, 0) is 61.0 Å². The van der Waals surface area contributed by atoms with Crippen molar-refractivity contribution in [2.75, 3.05) is 19.0 Å². The first-order valence-electron chi connectivity index (χ1n) is 10.3. The summed E-state index contributed by atoms with van der Waals surface area (Å²) in [6.45, 7) is 2.22. The van der Waals surface area contributed by atoms with Gasteiger partial charge in [0.1, 0.15) is 11.5 Å². The fraction of sp³-hybridized carbons (Fsp3) is 0.160. The van der Waals surface area contributed by atoms with Gasteiger partial charge in [0.25, 0.3) is 11.8 Å². The maximum absolute atomic E-state index is 12.5. The summed E-state index contributed by atoms with van der Waals surface area (Å²) in [5, 5.41) is 5.65. The molecule has 0 spiro atoms. The molecular formula is C25H24N2O6. The van der Waals surface area contributed by atoms with Crippen LogP contribution in [0.15, 0.2) is 72.8 Å². The molecule has 8 nitrogen and oxygen atoms in total.